The summed E-state index contributed by atoms with van der Waals surface area (Å²) in [6, 6.07) is 0. The summed E-state index contributed by atoms with van der Waals surface area (Å²) in [5.41, 5.74) is 1.59. The first-order valence-electron chi connectivity index (χ1n) is 7.02. The van der Waals surface area contributed by atoms with Crippen molar-refractivity contribution < 1.29 is 9.90 Å². The molecule has 126 valence electrons. The van der Waals surface area contributed by atoms with E-state index in [2.05, 4.69) is 19.9 Å². The molecular formula is C14H14ClN5O2S2. The van der Waals surface area contributed by atoms with Gasteiger partial charge in [-0.05, 0) is 18.2 Å². The number of nitrogens with zero attached hydrogens (tertiary/aromatic N) is 4. The van der Waals surface area contributed by atoms with Crippen LogP contribution in [0.1, 0.15) is 23.1 Å². The number of carboxylic acid groups (broad SMARTS) is 1. The Morgan fingerprint density at radius 3 is 2.75 bits per heavy atom. The summed E-state index contributed by atoms with van der Waals surface area (Å²) in [5, 5.41) is 12.4. The van der Waals surface area contributed by atoms with E-state index in [0.29, 0.717) is 26.0 Å². The third kappa shape index (κ3) is 3.06. The topological polar surface area (TPSA) is 95.0 Å². The monoisotopic (exact) mass is 383 g/mol. The molecule has 2 N–H and O–H groups in total. The molecule has 0 aliphatic rings. The zero-order valence-electron chi connectivity index (χ0n) is 13.1. The lowest BCUT2D eigenvalue weighted by molar-refractivity contribution is 0.0691. The number of nitrogens with one attached hydrogen (secondary N) is 1. The zero-order chi connectivity index (χ0) is 17.4. The molecule has 3 rings (SSSR count). The van der Waals surface area contributed by atoms with Crippen LogP contribution < -0.4 is 4.90 Å². The highest BCUT2D eigenvalue weighted by atomic mass is 35.5. The number of aryl methyl sites for hydroxylation is 1. The average molecular weight is 384 g/mol. The lowest BCUT2D eigenvalue weighted by atomic mass is 10.3. The predicted octanol–water partition coefficient (Wildman–Crippen LogP) is 3.55. The minimum Gasteiger partial charge on any atom is -0.476 e. The van der Waals surface area contributed by atoms with Crippen molar-refractivity contribution in [1.29, 1.82) is 0 Å². The van der Waals surface area contributed by atoms with Gasteiger partial charge in [0.25, 0.3) is 0 Å². The van der Waals surface area contributed by atoms with Gasteiger partial charge in [0.05, 0.1) is 10.4 Å². The fourth-order valence-corrected chi connectivity index (χ4v) is 4.17. The van der Waals surface area contributed by atoms with Crippen LogP contribution in [0.3, 0.4) is 0 Å². The lowest BCUT2D eigenvalue weighted by Gasteiger charge is -2.13. The number of anilines is 1. The normalized spacial score (nSPS) is 11.2. The van der Waals surface area contributed by atoms with E-state index in [4.69, 9.17) is 16.7 Å². The maximum Gasteiger partial charge on any atom is 0.355 e. The van der Waals surface area contributed by atoms with Crippen molar-refractivity contribution in [3.8, 4) is 0 Å². The number of hydrogen-bond acceptors (Lipinski definition) is 7. The van der Waals surface area contributed by atoms with E-state index in [-0.39, 0.29) is 5.69 Å². The Kier molecular flexibility index (Phi) is 4.66. The van der Waals surface area contributed by atoms with Crippen LogP contribution >= 0.6 is 34.7 Å². The van der Waals surface area contributed by atoms with Crippen LogP contribution in [0.2, 0.25) is 5.02 Å². The van der Waals surface area contributed by atoms with Crippen LogP contribution in [-0.4, -0.2) is 45.1 Å². The number of fused-ring (bicyclic) bond motifs is 1. The highest BCUT2D eigenvalue weighted by molar-refractivity contribution is 8.00. The number of halogens is 1. The molecule has 0 spiro atoms. The van der Waals surface area contributed by atoms with Crippen LogP contribution in [0, 0.1) is 0 Å². The molecule has 0 radical (unpaired) electrons. The van der Waals surface area contributed by atoms with Gasteiger partial charge in [-0.1, -0.05) is 18.5 Å². The molecule has 0 unspecified atom stereocenters. The summed E-state index contributed by atoms with van der Waals surface area (Å²) >= 11 is 8.91. The van der Waals surface area contributed by atoms with Crippen LogP contribution in [-0.2, 0) is 6.42 Å². The van der Waals surface area contributed by atoms with E-state index in [9.17, 15) is 4.79 Å². The van der Waals surface area contributed by atoms with Gasteiger partial charge in [0, 0.05) is 25.2 Å². The Balaban J connectivity index is 2.06. The maximum absolute atomic E-state index is 10.9. The summed E-state index contributed by atoms with van der Waals surface area (Å²) < 4.78 is 0.574. The first-order valence-corrected chi connectivity index (χ1v) is 9.10. The Labute approximate surface area is 151 Å². The molecule has 3 heterocycles. The fraction of sp³-hybridized carbons (Fsp3) is 0.286. The summed E-state index contributed by atoms with van der Waals surface area (Å²) in [4.78, 5) is 29.1. The highest BCUT2D eigenvalue weighted by Crippen LogP contribution is 2.36. The third-order valence-electron chi connectivity index (χ3n) is 3.28. The van der Waals surface area contributed by atoms with E-state index >= 15 is 0 Å². The molecule has 24 heavy (non-hydrogen) atoms. The van der Waals surface area contributed by atoms with Crippen molar-refractivity contribution in [2.45, 2.75) is 22.8 Å². The van der Waals surface area contributed by atoms with Gasteiger partial charge in [-0.15, -0.1) is 11.3 Å². The number of aromatic carboxylic acids is 1. The average Bonchev–Trinajstić information content (AvgIpc) is 3.11. The number of carboxylic acids is 1. The van der Waals surface area contributed by atoms with Crippen molar-refractivity contribution >= 4 is 57.5 Å². The quantitative estimate of drug-likeness (QED) is 0.650. The summed E-state index contributed by atoms with van der Waals surface area (Å²) in [5.74, 6) is -0.342. The summed E-state index contributed by atoms with van der Waals surface area (Å²) in [6.45, 7) is 2.01. The van der Waals surface area contributed by atoms with E-state index in [0.717, 1.165) is 17.5 Å². The number of aromatic nitrogens is 4. The highest BCUT2D eigenvalue weighted by Gasteiger charge is 2.19. The molecule has 0 amide bonds. The Morgan fingerprint density at radius 1 is 1.42 bits per heavy atom. The molecule has 0 fully saturated rings. The lowest BCUT2D eigenvalue weighted by Crippen LogP contribution is -2.12. The zero-order valence-corrected chi connectivity index (χ0v) is 15.5. The Morgan fingerprint density at radius 2 is 2.17 bits per heavy atom. The van der Waals surface area contributed by atoms with Crippen LogP contribution in [0.15, 0.2) is 14.9 Å². The fourth-order valence-electron chi connectivity index (χ4n) is 2.16. The number of hydrogen-bond donors (Lipinski definition) is 2. The molecule has 7 nitrogen and oxygen atoms in total. The molecule has 0 atom stereocenters. The van der Waals surface area contributed by atoms with Gasteiger partial charge in [0.15, 0.2) is 15.2 Å². The van der Waals surface area contributed by atoms with E-state index in [1.165, 1.54) is 28.5 Å². The smallest absolute Gasteiger partial charge is 0.355 e. The van der Waals surface area contributed by atoms with Gasteiger partial charge in [-0.2, -0.15) is 0 Å². The maximum atomic E-state index is 10.9. The van der Waals surface area contributed by atoms with E-state index < -0.39 is 5.97 Å². The van der Waals surface area contributed by atoms with E-state index in [1.807, 2.05) is 25.9 Å². The Hall–Kier alpha value is -1.84. The molecule has 0 aliphatic heterocycles. The molecule has 0 bridgehead atoms. The number of rotatable bonds is 5. The SMILES string of the molecule is CCc1[nH]c2nc(Sc3nc(C(=O)O)cs3)nc(N(C)C)c2c1Cl. The van der Waals surface area contributed by atoms with Crippen molar-refractivity contribution in [3.05, 3.63) is 21.8 Å². The van der Waals surface area contributed by atoms with Crippen molar-refractivity contribution in [3.63, 3.8) is 0 Å². The van der Waals surface area contributed by atoms with Gasteiger partial charge in [-0.3, -0.25) is 0 Å². The first kappa shape index (κ1) is 17.0. The molecule has 3 aromatic heterocycles. The standard InChI is InChI=1S/C14H14ClN5O2S2/c1-4-6-9(15)8-10(16-6)18-13(19-11(8)20(2)3)24-14-17-7(5-23-14)12(21)22/h5H,4H2,1-3H3,(H,21,22)(H,16,18,19). The van der Waals surface area contributed by atoms with Gasteiger partial charge >= 0.3 is 5.97 Å². The minimum absolute atomic E-state index is 0.0209. The van der Waals surface area contributed by atoms with Crippen molar-refractivity contribution in [1.82, 2.24) is 19.9 Å². The third-order valence-corrected chi connectivity index (χ3v) is 5.50. The summed E-state index contributed by atoms with van der Waals surface area (Å²) in [7, 11) is 3.77. The molecule has 3 aromatic rings. The van der Waals surface area contributed by atoms with E-state index in [1.54, 1.807) is 0 Å². The molecule has 0 saturated carbocycles. The number of thiazole rings is 1. The molecule has 0 aliphatic carbocycles. The van der Waals surface area contributed by atoms with Crippen LogP contribution in [0.25, 0.3) is 11.0 Å². The number of aromatic amines is 1. The Bertz CT molecular complexity index is 921. The second-order valence-corrected chi connectivity index (χ2v) is 7.58. The second-order valence-electron chi connectivity index (χ2n) is 5.12. The van der Waals surface area contributed by atoms with Crippen molar-refractivity contribution in [2.75, 3.05) is 19.0 Å². The molecule has 0 saturated heterocycles. The van der Waals surface area contributed by atoms with Crippen LogP contribution in [0.5, 0.6) is 0 Å². The first-order chi connectivity index (χ1) is 11.4. The minimum atomic E-state index is -1.05. The molecule has 0 aromatic carbocycles. The number of carbonyl (C=O) groups is 1. The largest absolute Gasteiger partial charge is 0.476 e. The van der Waals surface area contributed by atoms with Gasteiger partial charge in [0.1, 0.15) is 11.5 Å². The number of H-pyrrole nitrogens is 1. The molecular weight excluding hydrogens is 370 g/mol. The van der Waals surface area contributed by atoms with Crippen molar-refractivity contribution in [2.24, 2.45) is 0 Å². The predicted molar refractivity (Wildman–Crippen MR) is 95.8 cm³/mol. The summed E-state index contributed by atoms with van der Waals surface area (Å²) in [6.07, 6.45) is 0.763. The van der Waals surface area contributed by atoms with Gasteiger partial charge < -0.3 is 15.0 Å². The molecule has 10 heteroatoms. The van der Waals surface area contributed by atoms with Crippen LogP contribution in [0.4, 0.5) is 5.82 Å². The van der Waals surface area contributed by atoms with Gasteiger partial charge in [0.2, 0.25) is 0 Å². The van der Waals surface area contributed by atoms with Gasteiger partial charge in [-0.25, -0.2) is 19.7 Å². The second kappa shape index (κ2) is 6.58.